The highest BCUT2D eigenvalue weighted by Crippen LogP contribution is 2.39. The van der Waals surface area contributed by atoms with Crippen LogP contribution in [0.2, 0.25) is 0 Å². The number of nitriles is 1. The first-order chi connectivity index (χ1) is 9.63. The third-order valence-electron chi connectivity index (χ3n) is 3.34. The van der Waals surface area contributed by atoms with E-state index in [1.165, 1.54) is 11.8 Å². The number of pyridine rings is 1. The number of fused-ring (bicyclic) bond motifs is 1. The van der Waals surface area contributed by atoms with Gasteiger partial charge in [0.25, 0.3) is 0 Å². The molecule has 1 aromatic heterocycles. The van der Waals surface area contributed by atoms with Crippen LogP contribution in [0.3, 0.4) is 0 Å². The van der Waals surface area contributed by atoms with E-state index in [1.807, 2.05) is 18.1 Å². The summed E-state index contributed by atoms with van der Waals surface area (Å²) in [7, 11) is 0. The predicted octanol–water partition coefficient (Wildman–Crippen LogP) is 3.73. The van der Waals surface area contributed by atoms with Crippen LogP contribution in [0.15, 0.2) is 16.6 Å². The summed E-state index contributed by atoms with van der Waals surface area (Å²) in [4.78, 5) is 11.0. The molecule has 0 aromatic carbocycles. The van der Waals surface area contributed by atoms with Crippen molar-refractivity contribution < 1.29 is 0 Å². The van der Waals surface area contributed by atoms with E-state index < -0.39 is 0 Å². The van der Waals surface area contributed by atoms with Gasteiger partial charge in [0.2, 0.25) is 0 Å². The molecular weight excluding hydrogens is 268 g/mol. The third-order valence-corrected chi connectivity index (χ3v) is 4.02. The normalized spacial score (nSPS) is 13.3. The lowest BCUT2D eigenvalue weighted by Crippen LogP contribution is -2.24. The molecule has 2 heterocycles. The second-order valence-corrected chi connectivity index (χ2v) is 5.45. The predicted molar refractivity (Wildman–Crippen MR) is 84.3 cm³/mol. The van der Waals surface area contributed by atoms with Gasteiger partial charge in [-0.1, -0.05) is 19.9 Å². The Morgan fingerprint density at radius 1 is 1.50 bits per heavy atom. The number of unbranched alkanes of at least 4 members (excludes halogenated alkanes) is 1. The molecule has 1 aromatic rings. The number of rotatable bonds is 4. The summed E-state index contributed by atoms with van der Waals surface area (Å²) in [6.45, 7) is 9.16. The number of aromatic nitrogens is 1. The van der Waals surface area contributed by atoms with Gasteiger partial charge in [0.05, 0.1) is 17.7 Å². The van der Waals surface area contributed by atoms with E-state index in [1.54, 1.807) is 6.34 Å². The summed E-state index contributed by atoms with van der Waals surface area (Å²) in [6.07, 6.45) is 5.91. The molecule has 0 saturated heterocycles. The number of thioether (sulfide) groups is 1. The van der Waals surface area contributed by atoms with Crippen molar-refractivity contribution in [1.29, 1.82) is 5.26 Å². The number of nitrogens with zero attached hydrogens (tertiary/aromatic N) is 4. The molecule has 0 unspecified atom stereocenters. The molecule has 0 bridgehead atoms. The zero-order valence-corrected chi connectivity index (χ0v) is 12.9. The fourth-order valence-corrected chi connectivity index (χ4v) is 2.82. The average molecular weight is 286 g/mol. The van der Waals surface area contributed by atoms with Crippen LogP contribution < -0.4 is 0 Å². The highest BCUT2D eigenvalue weighted by molar-refractivity contribution is 7.98. The van der Waals surface area contributed by atoms with E-state index in [-0.39, 0.29) is 0 Å². The van der Waals surface area contributed by atoms with Gasteiger partial charge in [-0.3, -0.25) is 0 Å². The van der Waals surface area contributed by atoms with Crippen molar-refractivity contribution in [3.05, 3.63) is 23.4 Å². The van der Waals surface area contributed by atoms with E-state index in [0.717, 1.165) is 41.4 Å². The summed E-state index contributed by atoms with van der Waals surface area (Å²) < 4.78 is 0. The molecule has 0 fully saturated rings. The lowest BCUT2D eigenvalue weighted by Gasteiger charge is -2.28. The van der Waals surface area contributed by atoms with Crippen molar-refractivity contribution in [3.8, 4) is 6.07 Å². The number of aliphatic imine (C=N–C) groups is 1. The largest absolute Gasteiger partial charge is 0.332 e. The van der Waals surface area contributed by atoms with Crippen molar-refractivity contribution in [1.82, 2.24) is 9.88 Å². The zero-order valence-electron chi connectivity index (χ0n) is 12.1. The van der Waals surface area contributed by atoms with E-state index in [9.17, 15) is 5.26 Å². The summed E-state index contributed by atoms with van der Waals surface area (Å²) in [5.74, 6) is 0. The average Bonchev–Trinajstić information content (AvgIpc) is 2.45. The molecule has 0 radical (unpaired) electrons. The monoisotopic (exact) mass is 286 g/mol. The highest BCUT2D eigenvalue weighted by Gasteiger charge is 2.24. The second-order valence-electron chi connectivity index (χ2n) is 4.66. The molecular formula is C15H18N4S. The van der Waals surface area contributed by atoms with Crippen molar-refractivity contribution in [3.63, 3.8) is 0 Å². The topological polar surface area (TPSA) is 52.3 Å². The summed E-state index contributed by atoms with van der Waals surface area (Å²) in [6, 6.07) is 2.22. The van der Waals surface area contributed by atoms with E-state index in [4.69, 9.17) is 0 Å². The number of hydrogen-bond acceptors (Lipinski definition) is 5. The Hall–Kier alpha value is -1.80. The highest BCUT2D eigenvalue weighted by atomic mass is 32.2. The van der Waals surface area contributed by atoms with Gasteiger partial charge in [0.1, 0.15) is 16.7 Å². The molecule has 0 amide bonds. The summed E-state index contributed by atoms with van der Waals surface area (Å²) in [5, 5.41) is 10.1. The van der Waals surface area contributed by atoms with Crippen molar-refractivity contribution in [2.45, 2.75) is 31.7 Å². The maximum absolute atomic E-state index is 9.37. The molecule has 2 rings (SSSR count). The van der Waals surface area contributed by atoms with Crippen LogP contribution in [0.1, 0.15) is 36.6 Å². The SMILES string of the molecule is C=C1c2c(C)nc(SC)c(C#N)c2N=CN1CCCC. The first-order valence-electron chi connectivity index (χ1n) is 6.62. The molecule has 0 atom stereocenters. The minimum atomic E-state index is 0.547. The van der Waals surface area contributed by atoms with Crippen LogP contribution in [-0.2, 0) is 0 Å². The van der Waals surface area contributed by atoms with E-state index >= 15 is 0 Å². The van der Waals surface area contributed by atoms with Crippen LogP contribution in [0.5, 0.6) is 0 Å². The van der Waals surface area contributed by atoms with E-state index in [0.29, 0.717) is 11.3 Å². The maximum atomic E-state index is 9.37. The van der Waals surface area contributed by atoms with Gasteiger partial charge in [-0.2, -0.15) is 5.26 Å². The van der Waals surface area contributed by atoms with Gasteiger partial charge in [-0.25, -0.2) is 9.98 Å². The number of aryl methyl sites for hydroxylation is 1. The first kappa shape index (κ1) is 14.6. The Morgan fingerprint density at radius 2 is 2.25 bits per heavy atom. The van der Waals surface area contributed by atoms with Gasteiger partial charge >= 0.3 is 0 Å². The molecule has 20 heavy (non-hydrogen) atoms. The molecule has 5 heteroatoms. The fraction of sp³-hybridized carbons (Fsp3) is 0.400. The van der Waals surface area contributed by atoms with Crippen LogP contribution in [0.4, 0.5) is 5.69 Å². The fourth-order valence-electron chi connectivity index (χ4n) is 2.25. The molecule has 0 spiro atoms. The Balaban J connectivity index is 2.52. The minimum absolute atomic E-state index is 0.547. The minimum Gasteiger partial charge on any atom is -0.332 e. The summed E-state index contributed by atoms with van der Waals surface area (Å²) >= 11 is 1.47. The molecule has 0 aliphatic carbocycles. The Kier molecular flexibility index (Phi) is 4.46. The summed E-state index contributed by atoms with van der Waals surface area (Å²) in [5.41, 5.74) is 3.93. The van der Waals surface area contributed by atoms with Crippen LogP contribution in [0, 0.1) is 18.3 Å². The van der Waals surface area contributed by atoms with Gasteiger partial charge in [-0.05, 0) is 19.6 Å². The zero-order chi connectivity index (χ0) is 14.7. The van der Waals surface area contributed by atoms with E-state index in [2.05, 4.69) is 29.5 Å². The Labute approximate surface area is 124 Å². The van der Waals surface area contributed by atoms with Crippen molar-refractivity contribution >= 4 is 29.5 Å². The Morgan fingerprint density at radius 3 is 2.85 bits per heavy atom. The van der Waals surface area contributed by atoms with Gasteiger partial charge in [0, 0.05) is 17.8 Å². The molecule has 104 valence electrons. The first-order valence-corrected chi connectivity index (χ1v) is 7.85. The molecule has 4 nitrogen and oxygen atoms in total. The molecule has 1 aliphatic rings. The number of hydrogen-bond donors (Lipinski definition) is 0. The second kappa shape index (κ2) is 6.10. The smallest absolute Gasteiger partial charge is 0.116 e. The quantitative estimate of drug-likeness (QED) is 0.791. The van der Waals surface area contributed by atoms with Crippen LogP contribution in [0.25, 0.3) is 5.70 Å². The standard InChI is InChI=1S/C15H18N4S/c1-5-6-7-19-9-17-14-12(8-16)15(20-4)18-10(2)13(14)11(19)3/h9H,3,5-7H2,1-2,4H3. The molecule has 1 aliphatic heterocycles. The van der Waals surface area contributed by atoms with Crippen molar-refractivity contribution in [2.75, 3.05) is 12.8 Å². The van der Waals surface area contributed by atoms with Gasteiger partial charge < -0.3 is 4.90 Å². The van der Waals surface area contributed by atoms with Crippen LogP contribution in [-0.4, -0.2) is 29.0 Å². The molecule has 0 N–H and O–H groups in total. The Bertz CT molecular complexity index is 613. The van der Waals surface area contributed by atoms with Crippen molar-refractivity contribution in [2.24, 2.45) is 4.99 Å². The maximum Gasteiger partial charge on any atom is 0.116 e. The van der Waals surface area contributed by atoms with Gasteiger partial charge in [-0.15, -0.1) is 11.8 Å². The van der Waals surface area contributed by atoms with Crippen LogP contribution >= 0.6 is 11.8 Å². The van der Waals surface area contributed by atoms with Gasteiger partial charge in [0.15, 0.2) is 0 Å². The lowest BCUT2D eigenvalue weighted by atomic mass is 10.0. The third kappa shape index (κ3) is 2.44. The lowest BCUT2D eigenvalue weighted by molar-refractivity contribution is 0.557. The molecule has 0 saturated carbocycles.